The van der Waals surface area contributed by atoms with Crippen LogP contribution in [0.4, 0.5) is 5.69 Å². The number of amides is 2. The predicted octanol–water partition coefficient (Wildman–Crippen LogP) is 0.888. The Morgan fingerprint density at radius 3 is 2.16 bits per heavy atom. The van der Waals surface area contributed by atoms with Gasteiger partial charge in [0.25, 0.3) is 0 Å². The van der Waals surface area contributed by atoms with E-state index < -0.39 is 0 Å². The summed E-state index contributed by atoms with van der Waals surface area (Å²) >= 11 is 0. The van der Waals surface area contributed by atoms with Gasteiger partial charge < -0.3 is 19.6 Å². The van der Waals surface area contributed by atoms with Crippen molar-refractivity contribution in [3.63, 3.8) is 0 Å². The first-order valence-corrected chi connectivity index (χ1v) is 9.11. The Kier molecular flexibility index (Phi) is 5.58. The number of benzene rings is 1. The number of carbonyl (C=O) groups excluding carboxylic acids is 2. The van der Waals surface area contributed by atoms with Gasteiger partial charge in [-0.05, 0) is 45.1 Å². The Morgan fingerprint density at radius 1 is 0.960 bits per heavy atom. The third-order valence-corrected chi connectivity index (χ3v) is 5.43. The van der Waals surface area contributed by atoms with Crippen molar-refractivity contribution >= 4 is 17.5 Å². The van der Waals surface area contributed by atoms with E-state index in [9.17, 15) is 9.59 Å². The lowest BCUT2D eigenvalue weighted by Gasteiger charge is -2.38. The first kappa shape index (κ1) is 17.7. The van der Waals surface area contributed by atoms with Gasteiger partial charge in [0.2, 0.25) is 0 Å². The lowest BCUT2D eigenvalue weighted by atomic mass is 10.0. The highest BCUT2D eigenvalue weighted by Gasteiger charge is 2.32. The summed E-state index contributed by atoms with van der Waals surface area (Å²) in [5.41, 5.74) is 1.17. The molecule has 1 aromatic carbocycles. The number of likely N-dealkylation sites (N-methyl/N-ethyl adjacent to an activating group) is 1. The zero-order valence-corrected chi connectivity index (χ0v) is 15.2. The van der Waals surface area contributed by atoms with Crippen LogP contribution >= 0.6 is 0 Å². The molecule has 0 bridgehead atoms. The quantitative estimate of drug-likeness (QED) is 0.748. The second-order valence-electron chi connectivity index (χ2n) is 7.07. The van der Waals surface area contributed by atoms with E-state index in [2.05, 4.69) is 29.0 Å². The number of piperidine rings is 1. The molecule has 6 heteroatoms. The molecule has 136 valence electrons. The standard InChI is InChI=1S/C19H28N4O2/c1-20-10-8-16(9-11-20)21(2)18(24)19(25)23-14-12-22(13-15-23)17-6-4-3-5-7-17/h3-7,16H,8-15H2,1-2H3. The first-order chi connectivity index (χ1) is 12.1. The van der Waals surface area contributed by atoms with Crippen LogP contribution in [-0.2, 0) is 9.59 Å². The average Bonchev–Trinajstić information content (AvgIpc) is 2.67. The van der Waals surface area contributed by atoms with E-state index in [0.29, 0.717) is 13.1 Å². The van der Waals surface area contributed by atoms with Crippen LogP contribution in [0.25, 0.3) is 0 Å². The van der Waals surface area contributed by atoms with E-state index in [1.54, 1.807) is 16.8 Å². The van der Waals surface area contributed by atoms with E-state index in [-0.39, 0.29) is 17.9 Å². The number of anilines is 1. The number of piperazine rings is 1. The summed E-state index contributed by atoms with van der Waals surface area (Å²) in [6.07, 6.45) is 1.88. The minimum absolute atomic E-state index is 0.179. The van der Waals surface area contributed by atoms with Crippen molar-refractivity contribution in [3.05, 3.63) is 30.3 Å². The molecule has 0 atom stereocenters. The summed E-state index contributed by atoms with van der Waals surface area (Å²) in [4.78, 5) is 33.1. The summed E-state index contributed by atoms with van der Waals surface area (Å²) < 4.78 is 0. The number of hydrogen-bond donors (Lipinski definition) is 0. The van der Waals surface area contributed by atoms with E-state index in [1.165, 1.54) is 5.69 Å². The lowest BCUT2D eigenvalue weighted by Crippen LogP contribution is -2.55. The van der Waals surface area contributed by atoms with Crippen molar-refractivity contribution in [2.75, 3.05) is 58.3 Å². The fraction of sp³-hybridized carbons (Fsp3) is 0.579. The van der Waals surface area contributed by atoms with Crippen molar-refractivity contribution < 1.29 is 9.59 Å². The van der Waals surface area contributed by atoms with Crippen LogP contribution in [0.3, 0.4) is 0 Å². The molecule has 0 spiro atoms. The third kappa shape index (κ3) is 4.12. The third-order valence-electron chi connectivity index (χ3n) is 5.43. The molecule has 25 heavy (non-hydrogen) atoms. The molecular weight excluding hydrogens is 316 g/mol. The highest BCUT2D eigenvalue weighted by Crippen LogP contribution is 2.17. The van der Waals surface area contributed by atoms with Gasteiger partial charge in [0.1, 0.15) is 0 Å². The normalized spacial score (nSPS) is 19.8. The fourth-order valence-corrected chi connectivity index (χ4v) is 3.64. The SMILES string of the molecule is CN1CCC(N(C)C(=O)C(=O)N2CCN(c3ccccc3)CC2)CC1. The van der Waals surface area contributed by atoms with Crippen LogP contribution in [0.15, 0.2) is 30.3 Å². The van der Waals surface area contributed by atoms with E-state index in [0.717, 1.165) is 39.0 Å². The number of nitrogens with zero attached hydrogens (tertiary/aromatic N) is 4. The predicted molar refractivity (Wildman–Crippen MR) is 98.5 cm³/mol. The Hall–Kier alpha value is -2.08. The Bertz CT molecular complexity index is 591. The zero-order chi connectivity index (χ0) is 17.8. The van der Waals surface area contributed by atoms with E-state index in [1.807, 2.05) is 18.2 Å². The van der Waals surface area contributed by atoms with Gasteiger partial charge in [-0.3, -0.25) is 9.59 Å². The summed E-state index contributed by atoms with van der Waals surface area (Å²) in [5, 5.41) is 0. The van der Waals surface area contributed by atoms with Crippen LogP contribution in [0.1, 0.15) is 12.8 Å². The van der Waals surface area contributed by atoms with Crippen LogP contribution in [0.2, 0.25) is 0 Å². The molecule has 2 aliphatic rings. The van der Waals surface area contributed by atoms with E-state index >= 15 is 0 Å². The van der Waals surface area contributed by atoms with Gasteiger partial charge in [-0.15, -0.1) is 0 Å². The summed E-state index contributed by atoms with van der Waals surface area (Å²) in [7, 11) is 3.87. The molecule has 2 heterocycles. The minimum Gasteiger partial charge on any atom is -0.368 e. The van der Waals surface area contributed by atoms with Crippen LogP contribution in [0.5, 0.6) is 0 Å². The molecular formula is C19H28N4O2. The van der Waals surface area contributed by atoms with Gasteiger partial charge >= 0.3 is 11.8 Å². The van der Waals surface area contributed by atoms with Gasteiger partial charge in [-0.2, -0.15) is 0 Å². The molecule has 0 aliphatic carbocycles. The first-order valence-electron chi connectivity index (χ1n) is 9.11. The molecule has 0 radical (unpaired) electrons. The summed E-state index contributed by atoms with van der Waals surface area (Å²) in [5.74, 6) is -0.711. The van der Waals surface area contributed by atoms with Crippen molar-refractivity contribution in [2.24, 2.45) is 0 Å². The second-order valence-corrected chi connectivity index (χ2v) is 7.07. The average molecular weight is 344 g/mol. The van der Waals surface area contributed by atoms with Gasteiger partial charge in [0.15, 0.2) is 0 Å². The highest BCUT2D eigenvalue weighted by molar-refractivity contribution is 6.34. The van der Waals surface area contributed by atoms with Crippen molar-refractivity contribution in [2.45, 2.75) is 18.9 Å². The number of carbonyl (C=O) groups is 2. The van der Waals surface area contributed by atoms with Gasteiger partial charge in [0, 0.05) is 45.0 Å². The van der Waals surface area contributed by atoms with Gasteiger partial charge in [0.05, 0.1) is 0 Å². The Balaban J connectivity index is 1.52. The molecule has 2 amide bonds. The smallest absolute Gasteiger partial charge is 0.312 e. The molecule has 2 aliphatic heterocycles. The van der Waals surface area contributed by atoms with Crippen molar-refractivity contribution in [1.82, 2.24) is 14.7 Å². The maximum atomic E-state index is 12.6. The Labute approximate surface area is 150 Å². The molecule has 0 N–H and O–H groups in total. The summed E-state index contributed by atoms with van der Waals surface area (Å²) in [6.45, 7) is 4.68. The molecule has 0 unspecified atom stereocenters. The molecule has 0 aromatic heterocycles. The maximum Gasteiger partial charge on any atom is 0.312 e. The van der Waals surface area contributed by atoms with Gasteiger partial charge in [-0.25, -0.2) is 0 Å². The Morgan fingerprint density at radius 2 is 1.56 bits per heavy atom. The lowest BCUT2D eigenvalue weighted by molar-refractivity contribution is -0.152. The second kappa shape index (κ2) is 7.87. The van der Waals surface area contributed by atoms with E-state index in [4.69, 9.17) is 0 Å². The van der Waals surface area contributed by atoms with Gasteiger partial charge in [-0.1, -0.05) is 18.2 Å². The largest absolute Gasteiger partial charge is 0.368 e. The zero-order valence-electron chi connectivity index (χ0n) is 15.2. The number of hydrogen-bond acceptors (Lipinski definition) is 4. The van der Waals surface area contributed by atoms with Crippen molar-refractivity contribution in [3.8, 4) is 0 Å². The van der Waals surface area contributed by atoms with Crippen LogP contribution in [0, 0.1) is 0 Å². The molecule has 0 saturated carbocycles. The number of para-hydroxylation sites is 1. The van der Waals surface area contributed by atoms with Crippen molar-refractivity contribution in [1.29, 1.82) is 0 Å². The van der Waals surface area contributed by atoms with Crippen LogP contribution in [-0.4, -0.2) is 85.9 Å². The molecule has 1 aromatic rings. The number of likely N-dealkylation sites (tertiary alicyclic amines) is 1. The molecule has 6 nitrogen and oxygen atoms in total. The molecule has 2 saturated heterocycles. The van der Waals surface area contributed by atoms with Crippen LogP contribution < -0.4 is 4.90 Å². The maximum absolute atomic E-state index is 12.6. The molecule has 2 fully saturated rings. The topological polar surface area (TPSA) is 47.1 Å². The molecule has 3 rings (SSSR count). The summed E-state index contributed by atoms with van der Waals surface area (Å²) in [6, 6.07) is 10.4. The monoisotopic (exact) mass is 344 g/mol. The number of rotatable bonds is 2. The fourth-order valence-electron chi connectivity index (χ4n) is 3.64. The highest BCUT2D eigenvalue weighted by atomic mass is 16.2. The minimum atomic E-state index is -0.359.